The van der Waals surface area contributed by atoms with E-state index in [2.05, 4.69) is 38.1 Å². The number of anilines is 1. The number of unbranched alkanes of at least 4 members (excludes halogenated alkanes) is 3. The van der Waals surface area contributed by atoms with Gasteiger partial charge in [0, 0.05) is 47.2 Å². The Bertz CT molecular complexity index is 2530. The summed E-state index contributed by atoms with van der Waals surface area (Å²) in [6, 6.07) is 25.3. The van der Waals surface area contributed by atoms with Gasteiger partial charge in [0.05, 0.1) is 30.7 Å². The average molecular weight is 890 g/mol. The van der Waals surface area contributed by atoms with E-state index in [1.165, 1.54) is 17.4 Å². The monoisotopic (exact) mass is 889 g/mol. The van der Waals surface area contributed by atoms with Gasteiger partial charge in [-0.05, 0) is 103 Å². The number of aromatic nitrogens is 3. The van der Waals surface area contributed by atoms with Gasteiger partial charge in [0.2, 0.25) is 11.0 Å². The third-order valence-electron chi connectivity index (χ3n) is 9.65. The van der Waals surface area contributed by atoms with Gasteiger partial charge in [-0.1, -0.05) is 66.8 Å². The Morgan fingerprint density at radius 2 is 1.81 bits per heavy atom. The predicted octanol–water partition coefficient (Wildman–Crippen LogP) is 10.9. The molecule has 6 aromatic rings. The number of pyridine rings is 2. The Hall–Kier alpha value is -6.13. The molecule has 0 radical (unpaired) electrons. The molecular weight excluding hydrogens is 845 g/mol. The summed E-state index contributed by atoms with van der Waals surface area (Å²) >= 11 is 2.94. The molecule has 1 aliphatic rings. The van der Waals surface area contributed by atoms with Crippen LogP contribution in [0.3, 0.4) is 0 Å². The van der Waals surface area contributed by atoms with E-state index >= 15 is 4.39 Å². The number of carbonyl (C=O) groups excluding carboxylic acids is 2. The van der Waals surface area contributed by atoms with Gasteiger partial charge in [-0.25, -0.2) is 23.9 Å². The third kappa shape index (κ3) is 13.7. The van der Waals surface area contributed by atoms with Crippen molar-refractivity contribution in [1.29, 1.82) is 0 Å². The average Bonchev–Trinajstić information content (AvgIpc) is 4.03. The van der Waals surface area contributed by atoms with E-state index in [1.54, 1.807) is 54.6 Å². The Labute approximate surface area is 372 Å². The van der Waals surface area contributed by atoms with Crippen LogP contribution in [0.25, 0.3) is 38.8 Å². The van der Waals surface area contributed by atoms with Gasteiger partial charge in [-0.3, -0.25) is 10.4 Å². The second kappa shape index (κ2) is 22.8. The van der Waals surface area contributed by atoms with Gasteiger partial charge >= 0.3 is 11.9 Å². The number of allylic oxidation sites excluding steroid dienone is 1. The Balaban J connectivity index is 0.973. The van der Waals surface area contributed by atoms with E-state index in [0.29, 0.717) is 63.8 Å². The predicted molar refractivity (Wildman–Crippen MR) is 244 cm³/mol. The molecule has 0 bridgehead atoms. The van der Waals surface area contributed by atoms with Crippen molar-refractivity contribution in [2.24, 2.45) is 5.10 Å². The number of nitrogens with one attached hydrogen (secondary N) is 1. The van der Waals surface area contributed by atoms with Crippen molar-refractivity contribution < 1.29 is 37.3 Å². The third-order valence-corrected chi connectivity index (χ3v) is 11.6. The number of nitrogens with zero attached hydrogens (tertiary/aromatic N) is 4. The number of epoxide rings is 1. The summed E-state index contributed by atoms with van der Waals surface area (Å²) in [5.74, 6) is -2.41. The van der Waals surface area contributed by atoms with Gasteiger partial charge in [0.15, 0.2) is 6.29 Å². The first kappa shape index (κ1) is 44.9. The zero-order valence-electron chi connectivity index (χ0n) is 34.3. The number of hydrazone groups is 1. The molecule has 3 aromatic carbocycles. The van der Waals surface area contributed by atoms with E-state index in [4.69, 9.17) is 18.9 Å². The highest BCUT2D eigenvalue weighted by Gasteiger charge is 2.22. The molecule has 63 heavy (non-hydrogen) atoms. The number of esters is 2. The van der Waals surface area contributed by atoms with Crippen molar-refractivity contribution in [3.63, 3.8) is 0 Å². The first-order valence-electron chi connectivity index (χ1n) is 20.5. The summed E-state index contributed by atoms with van der Waals surface area (Å²) in [6.45, 7) is 4.63. The lowest BCUT2D eigenvalue weighted by Crippen LogP contribution is -2.09. The molecule has 324 valence electrons. The molecule has 1 aliphatic heterocycles. The lowest BCUT2D eigenvalue weighted by Gasteiger charge is -2.11. The number of hydrogen-bond donors (Lipinski definition) is 1. The first-order valence-corrected chi connectivity index (χ1v) is 22.3. The SMILES string of the molecule is C=C(F)C(=O)OCCCSc1ccc(CCOC(=O)c2ccc(-c3ccc(-c4ccc(/C=C/CCCCCOC5CO5)cn4)c(F)c3)c(/C=N/Nc3nc4cccnc4s3)c2)cc1. The number of carbonyl (C=O) groups is 2. The van der Waals surface area contributed by atoms with Crippen molar-refractivity contribution in [3.05, 3.63) is 144 Å². The molecule has 15 heteroatoms. The van der Waals surface area contributed by atoms with E-state index in [9.17, 15) is 14.0 Å². The van der Waals surface area contributed by atoms with Crippen molar-refractivity contribution in [2.75, 3.05) is 37.6 Å². The summed E-state index contributed by atoms with van der Waals surface area (Å²) in [7, 11) is 0. The van der Waals surface area contributed by atoms with Crippen LogP contribution in [0.4, 0.5) is 13.9 Å². The maximum absolute atomic E-state index is 15.9. The van der Waals surface area contributed by atoms with Crippen LogP contribution in [0.2, 0.25) is 0 Å². The lowest BCUT2D eigenvalue weighted by atomic mass is 9.96. The minimum atomic E-state index is -1.11. The summed E-state index contributed by atoms with van der Waals surface area (Å²) < 4.78 is 49.6. The zero-order valence-corrected chi connectivity index (χ0v) is 36.0. The fourth-order valence-electron chi connectivity index (χ4n) is 6.29. The van der Waals surface area contributed by atoms with Crippen LogP contribution in [0.15, 0.2) is 126 Å². The number of thioether (sulfide) groups is 1. The molecule has 11 nitrogen and oxygen atoms in total. The quantitative estimate of drug-likeness (QED) is 0.0125. The molecule has 4 heterocycles. The molecular formula is C48H45F2N5O6S2. The Kier molecular flexibility index (Phi) is 16.3. The first-order chi connectivity index (χ1) is 30.8. The highest BCUT2D eigenvalue weighted by atomic mass is 32.2. The minimum absolute atomic E-state index is 0.0141. The van der Waals surface area contributed by atoms with Gasteiger partial charge in [-0.15, -0.1) is 11.8 Å². The summed E-state index contributed by atoms with van der Waals surface area (Å²) in [5, 5.41) is 4.97. The van der Waals surface area contributed by atoms with Crippen LogP contribution in [0.1, 0.15) is 59.2 Å². The number of thiazole rings is 1. The Morgan fingerprint density at radius 1 is 0.952 bits per heavy atom. The topological polar surface area (TPSA) is 137 Å². The lowest BCUT2D eigenvalue weighted by molar-refractivity contribution is -0.140. The maximum atomic E-state index is 15.9. The van der Waals surface area contributed by atoms with Gasteiger partial charge in [0.25, 0.3) is 0 Å². The molecule has 1 fully saturated rings. The van der Waals surface area contributed by atoms with Crippen molar-refractivity contribution in [2.45, 2.75) is 49.7 Å². The Morgan fingerprint density at radius 3 is 2.59 bits per heavy atom. The van der Waals surface area contributed by atoms with Gasteiger partial charge in [-0.2, -0.15) is 9.49 Å². The molecule has 0 amide bonds. The molecule has 1 atom stereocenters. The second-order valence-electron chi connectivity index (χ2n) is 14.3. The van der Waals surface area contributed by atoms with Crippen LogP contribution >= 0.6 is 23.1 Å². The maximum Gasteiger partial charge on any atom is 0.366 e. The van der Waals surface area contributed by atoms with Crippen LogP contribution in [0, 0.1) is 5.82 Å². The number of rotatable bonds is 23. The minimum Gasteiger partial charge on any atom is -0.462 e. The molecule has 1 saturated heterocycles. The number of halogens is 2. The number of benzene rings is 3. The fourth-order valence-corrected chi connectivity index (χ4v) is 7.87. The largest absolute Gasteiger partial charge is 0.462 e. The van der Waals surface area contributed by atoms with E-state index in [1.807, 2.05) is 60.7 Å². The second-order valence-corrected chi connectivity index (χ2v) is 16.5. The number of hydrogen-bond acceptors (Lipinski definition) is 13. The molecule has 1 N–H and O–H groups in total. The van der Waals surface area contributed by atoms with Crippen molar-refractivity contribution in [3.8, 4) is 22.4 Å². The fraction of sp³-hybridized carbons (Fsp3) is 0.250. The highest BCUT2D eigenvalue weighted by Crippen LogP contribution is 2.30. The van der Waals surface area contributed by atoms with E-state index < -0.39 is 23.6 Å². The van der Waals surface area contributed by atoms with Crippen molar-refractivity contribution >= 4 is 62.8 Å². The standard InChI is InChI=1S/C48H45F2N5O6S2/c1-32(49)46(56)59-24-8-26-62-38-16-11-33(12-17-38)21-25-60-47(57)36-15-18-39(37(27-36)30-53-55-48-54-43-10-7-22-51-45(43)63-48)35-14-19-40(41(50)28-35)42-20-13-34(29-52-42)9-5-3-2-4-6-23-58-44-31-61-44/h5,7,9-20,22,27-30,44H,1-4,6,8,21,23-26,31H2,(H,54,55)/b9-5+,53-30+. The van der Waals surface area contributed by atoms with Crippen molar-refractivity contribution in [1.82, 2.24) is 15.0 Å². The van der Waals surface area contributed by atoms with Crippen LogP contribution < -0.4 is 5.43 Å². The molecule has 0 spiro atoms. The van der Waals surface area contributed by atoms with Gasteiger partial charge in [0.1, 0.15) is 22.8 Å². The number of ether oxygens (including phenoxy) is 4. The zero-order chi connectivity index (χ0) is 43.8. The summed E-state index contributed by atoms with van der Waals surface area (Å²) in [6.07, 6.45) is 14.4. The smallest absolute Gasteiger partial charge is 0.366 e. The van der Waals surface area contributed by atoms with Crippen LogP contribution in [0.5, 0.6) is 0 Å². The highest BCUT2D eigenvalue weighted by molar-refractivity contribution is 7.99. The van der Waals surface area contributed by atoms with Gasteiger partial charge < -0.3 is 18.9 Å². The van der Waals surface area contributed by atoms with E-state index in [0.717, 1.165) is 58.7 Å². The normalized spacial score (nSPS) is 13.5. The molecule has 3 aromatic heterocycles. The molecule has 0 saturated carbocycles. The summed E-state index contributed by atoms with van der Waals surface area (Å²) in [5.41, 5.74) is 8.60. The molecule has 7 rings (SSSR count). The number of fused-ring (bicyclic) bond motifs is 1. The van der Waals surface area contributed by atoms with Crippen LogP contribution in [-0.2, 0) is 30.2 Å². The van der Waals surface area contributed by atoms with E-state index in [-0.39, 0.29) is 19.5 Å². The molecule has 0 aliphatic carbocycles. The molecule has 1 unspecified atom stereocenters. The van der Waals surface area contributed by atoms with Crippen LogP contribution in [-0.4, -0.2) is 71.6 Å². The summed E-state index contributed by atoms with van der Waals surface area (Å²) in [4.78, 5) is 39.7.